The Hall–Kier alpha value is -4.06. The number of alkyl halides is 1. The number of anilines is 1. The Morgan fingerprint density at radius 1 is 1.07 bits per heavy atom. The van der Waals surface area contributed by atoms with E-state index in [1.54, 1.807) is 6.07 Å². The second-order valence-electron chi connectivity index (χ2n) is 13.5. The lowest BCUT2D eigenvalue weighted by Crippen LogP contribution is -2.63. The van der Waals surface area contributed by atoms with Gasteiger partial charge >= 0.3 is 6.09 Å². The van der Waals surface area contributed by atoms with Crippen molar-refractivity contribution >= 4 is 11.9 Å². The summed E-state index contributed by atoms with van der Waals surface area (Å²) in [4.78, 5) is 29.5. The molecule has 0 radical (unpaired) electrons. The molecular formula is C33H41F2N5O5. The van der Waals surface area contributed by atoms with Crippen LogP contribution in [0.1, 0.15) is 60.3 Å². The van der Waals surface area contributed by atoms with Crippen molar-refractivity contribution in [3.8, 4) is 28.1 Å². The standard InChI is InChI=1S/C33H41F2N5O5/c1-31(2,3)45-30(42)40-32(4)11-12-33(40,5)18-22(17-32)38(6)28-9-8-26(36-37-28)24-15-25(35)23(16-27(24)44-20-43-7)21-10-13-39(19-34)29(41)14-21/h8-10,13-16,22H,11-12,17-20H2,1-7H3/t22?,32-,33+. The van der Waals surface area contributed by atoms with Crippen molar-refractivity contribution < 1.29 is 27.8 Å². The number of fused-ring (bicyclic) bond motifs is 2. The number of halogens is 2. The molecule has 10 nitrogen and oxygen atoms in total. The maximum atomic E-state index is 15.5. The fourth-order valence-electron chi connectivity index (χ4n) is 6.74. The van der Waals surface area contributed by atoms with Crippen LogP contribution in [0.4, 0.5) is 19.4 Å². The van der Waals surface area contributed by atoms with Crippen molar-refractivity contribution in [2.75, 3.05) is 25.9 Å². The Morgan fingerprint density at radius 2 is 1.76 bits per heavy atom. The van der Waals surface area contributed by atoms with E-state index in [0.717, 1.165) is 30.3 Å². The van der Waals surface area contributed by atoms with Crippen molar-refractivity contribution in [1.82, 2.24) is 19.7 Å². The first kappa shape index (κ1) is 32.3. The fourth-order valence-corrected chi connectivity index (χ4v) is 6.74. The second-order valence-corrected chi connectivity index (χ2v) is 13.5. The van der Waals surface area contributed by atoms with Gasteiger partial charge in [0.2, 0.25) is 0 Å². The summed E-state index contributed by atoms with van der Waals surface area (Å²) in [5, 5.41) is 8.92. The molecule has 4 heterocycles. The molecule has 0 N–H and O–H groups in total. The van der Waals surface area contributed by atoms with Gasteiger partial charge in [-0.25, -0.2) is 13.6 Å². The summed E-state index contributed by atoms with van der Waals surface area (Å²) in [6.07, 6.45) is 4.27. The summed E-state index contributed by atoms with van der Waals surface area (Å²) >= 11 is 0. The molecule has 0 saturated carbocycles. The fraction of sp³-hybridized carbons (Fsp3) is 0.515. The van der Waals surface area contributed by atoms with Gasteiger partial charge in [0.25, 0.3) is 5.56 Å². The molecule has 2 fully saturated rings. The highest BCUT2D eigenvalue weighted by atomic mass is 19.1. The van der Waals surface area contributed by atoms with Crippen LogP contribution in [-0.2, 0) is 16.3 Å². The lowest BCUT2D eigenvalue weighted by Gasteiger charge is -2.52. The third-order valence-corrected chi connectivity index (χ3v) is 8.88. The minimum Gasteiger partial charge on any atom is -0.467 e. The second kappa shape index (κ2) is 12.0. The third kappa shape index (κ3) is 6.38. The summed E-state index contributed by atoms with van der Waals surface area (Å²) in [5.41, 5.74) is -0.730. The van der Waals surface area contributed by atoms with Gasteiger partial charge in [0.15, 0.2) is 19.4 Å². The molecule has 5 rings (SSSR count). The molecule has 3 atom stereocenters. The van der Waals surface area contributed by atoms with Crippen molar-refractivity contribution in [1.29, 1.82) is 0 Å². The largest absolute Gasteiger partial charge is 0.467 e. The Kier molecular flexibility index (Phi) is 8.65. The van der Waals surface area contributed by atoms with Gasteiger partial charge in [-0.05, 0) is 96.2 Å². The van der Waals surface area contributed by atoms with Gasteiger partial charge in [-0.3, -0.25) is 14.3 Å². The lowest BCUT2D eigenvalue weighted by atomic mass is 9.82. The molecule has 2 aliphatic rings. The number of hydrogen-bond acceptors (Lipinski definition) is 8. The van der Waals surface area contributed by atoms with Gasteiger partial charge in [0.05, 0.1) is 5.69 Å². The van der Waals surface area contributed by atoms with Gasteiger partial charge in [0.1, 0.15) is 17.2 Å². The smallest absolute Gasteiger partial charge is 0.411 e. The number of hydrogen-bond donors (Lipinski definition) is 0. The molecule has 1 unspecified atom stereocenters. The Bertz CT molecular complexity index is 1610. The summed E-state index contributed by atoms with van der Waals surface area (Å²) in [6.45, 7) is 8.82. The summed E-state index contributed by atoms with van der Waals surface area (Å²) in [6, 6.07) is 9.07. The van der Waals surface area contributed by atoms with Crippen LogP contribution < -0.4 is 15.2 Å². The molecule has 3 aromatic rings. The quantitative estimate of drug-likeness (QED) is 0.274. The van der Waals surface area contributed by atoms with Gasteiger partial charge in [0, 0.05) is 54.7 Å². The number of ether oxygens (including phenoxy) is 3. The molecule has 1 amide bonds. The van der Waals surface area contributed by atoms with E-state index in [-0.39, 0.29) is 46.9 Å². The SMILES string of the molecule is COCOc1cc(-c2ccn(CF)c(=O)c2)c(F)cc1-c1ccc(N(C)C2C[C@]3(C)CC[C@](C)(C2)N3C(=O)OC(C)(C)C)nn1. The highest BCUT2D eigenvalue weighted by Crippen LogP contribution is 2.52. The van der Waals surface area contributed by atoms with E-state index in [4.69, 9.17) is 14.2 Å². The minimum absolute atomic E-state index is 0.102. The average Bonchev–Trinajstić information content (AvgIpc) is 3.15. The molecule has 242 valence electrons. The molecular weight excluding hydrogens is 584 g/mol. The molecule has 45 heavy (non-hydrogen) atoms. The van der Waals surface area contributed by atoms with Gasteiger partial charge in [-0.2, -0.15) is 0 Å². The summed E-state index contributed by atoms with van der Waals surface area (Å²) < 4.78 is 46.0. The van der Waals surface area contributed by atoms with E-state index in [1.807, 2.05) is 38.8 Å². The normalized spacial score (nSPS) is 22.8. The Labute approximate surface area is 261 Å². The first-order chi connectivity index (χ1) is 21.2. The predicted molar refractivity (Wildman–Crippen MR) is 166 cm³/mol. The number of nitrogens with zero attached hydrogens (tertiary/aromatic N) is 5. The van der Waals surface area contributed by atoms with E-state index in [1.165, 1.54) is 37.6 Å². The number of aromatic nitrogens is 3. The number of piperidine rings is 1. The molecule has 12 heteroatoms. The summed E-state index contributed by atoms with van der Waals surface area (Å²) in [5.74, 6) is 0.320. The zero-order chi connectivity index (χ0) is 32.7. The van der Waals surface area contributed by atoms with Crippen LogP contribution in [0, 0.1) is 5.82 Å². The summed E-state index contributed by atoms with van der Waals surface area (Å²) in [7, 11) is 3.44. The zero-order valence-corrected chi connectivity index (χ0v) is 26.9. The molecule has 2 bridgehead atoms. The van der Waals surface area contributed by atoms with Crippen LogP contribution in [0.25, 0.3) is 22.4 Å². The molecule has 2 aromatic heterocycles. The molecule has 0 spiro atoms. The van der Waals surface area contributed by atoms with E-state index in [9.17, 15) is 14.0 Å². The van der Waals surface area contributed by atoms with Crippen molar-refractivity contribution in [2.24, 2.45) is 0 Å². The first-order valence-corrected chi connectivity index (χ1v) is 15.0. The van der Waals surface area contributed by atoms with Crippen molar-refractivity contribution in [2.45, 2.75) is 89.8 Å². The Balaban J connectivity index is 1.40. The molecule has 1 aromatic carbocycles. The van der Waals surface area contributed by atoms with Gasteiger partial charge in [-0.1, -0.05) is 0 Å². The number of pyridine rings is 1. The average molecular weight is 626 g/mol. The number of amides is 1. The molecule has 2 saturated heterocycles. The van der Waals surface area contributed by atoms with E-state index in [0.29, 0.717) is 17.1 Å². The maximum Gasteiger partial charge on any atom is 0.411 e. The maximum absolute atomic E-state index is 15.5. The highest BCUT2D eigenvalue weighted by molar-refractivity contribution is 5.75. The number of methoxy groups -OCH3 is 1. The topological polar surface area (TPSA) is 99.0 Å². The van der Waals surface area contributed by atoms with Crippen molar-refractivity contribution in [3.05, 3.63) is 58.8 Å². The van der Waals surface area contributed by atoms with Crippen LogP contribution in [0.2, 0.25) is 0 Å². The van der Waals surface area contributed by atoms with Crippen LogP contribution in [0.3, 0.4) is 0 Å². The zero-order valence-electron chi connectivity index (χ0n) is 26.9. The Morgan fingerprint density at radius 3 is 2.31 bits per heavy atom. The minimum atomic E-state index is -0.976. The van der Waals surface area contributed by atoms with Gasteiger partial charge < -0.3 is 19.1 Å². The third-order valence-electron chi connectivity index (χ3n) is 8.88. The van der Waals surface area contributed by atoms with Gasteiger partial charge in [-0.15, -0.1) is 10.2 Å². The predicted octanol–water partition coefficient (Wildman–Crippen LogP) is 6.17. The van der Waals surface area contributed by atoms with E-state index < -0.39 is 23.8 Å². The molecule has 2 aliphatic heterocycles. The van der Waals surface area contributed by atoms with E-state index in [2.05, 4.69) is 28.9 Å². The number of carbonyl (C=O) groups excluding carboxylic acids is 1. The molecule has 0 aliphatic carbocycles. The monoisotopic (exact) mass is 625 g/mol. The van der Waals surface area contributed by atoms with Crippen LogP contribution in [0.15, 0.2) is 47.4 Å². The highest BCUT2D eigenvalue weighted by Gasteiger charge is 2.59. The number of benzene rings is 1. The van der Waals surface area contributed by atoms with Crippen LogP contribution in [-0.4, -0.2) is 69.4 Å². The van der Waals surface area contributed by atoms with Crippen molar-refractivity contribution in [3.63, 3.8) is 0 Å². The lowest BCUT2D eigenvalue weighted by molar-refractivity contribution is -0.0357. The number of rotatable bonds is 8. The number of carbonyl (C=O) groups is 1. The van der Waals surface area contributed by atoms with Crippen LogP contribution >= 0.6 is 0 Å². The first-order valence-electron chi connectivity index (χ1n) is 15.0. The van der Waals surface area contributed by atoms with Crippen LogP contribution in [0.5, 0.6) is 5.75 Å². The van der Waals surface area contributed by atoms with E-state index >= 15 is 4.39 Å².